The molecular formula is C17H15N3O3. The molecule has 0 bridgehead atoms. The molecule has 0 saturated heterocycles. The van der Waals surface area contributed by atoms with Gasteiger partial charge in [0, 0.05) is 12.0 Å². The van der Waals surface area contributed by atoms with E-state index in [1.54, 1.807) is 43.3 Å². The zero-order chi connectivity index (χ0) is 16.4. The fourth-order valence-electron chi connectivity index (χ4n) is 2.25. The van der Waals surface area contributed by atoms with Crippen LogP contribution in [-0.4, -0.2) is 21.8 Å². The predicted octanol–water partition coefficient (Wildman–Crippen LogP) is 2.64. The highest BCUT2D eigenvalue weighted by Crippen LogP contribution is 2.24. The Hall–Kier alpha value is -3.15. The van der Waals surface area contributed by atoms with Crippen molar-refractivity contribution < 1.29 is 14.3 Å². The topological polar surface area (TPSA) is 98.1 Å². The number of para-hydroxylation sites is 1. The maximum absolute atomic E-state index is 11.5. The number of carbonyl (C=O) groups excluding carboxylic acids is 2. The number of nitrogens with one attached hydrogen (secondary N) is 1. The lowest BCUT2D eigenvalue weighted by Crippen LogP contribution is -2.11. The molecule has 0 aliphatic heterocycles. The summed E-state index contributed by atoms with van der Waals surface area (Å²) < 4.78 is 5.13. The molecule has 2 aromatic carbocycles. The van der Waals surface area contributed by atoms with Crippen molar-refractivity contribution in [3.63, 3.8) is 0 Å². The van der Waals surface area contributed by atoms with Crippen LogP contribution in [0.2, 0.25) is 0 Å². The van der Waals surface area contributed by atoms with Crippen LogP contribution in [0.5, 0.6) is 5.75 Å². The van der Waals surface area contributed by atoms with Crippen molar-refractivity contribution in [2.24, 2.45) is 5.73 Å². The largest absolute Gasteiger partial charge is 0.427 e. The number of benzene rings is 2. The van der Waals surface area contributed by atoms with E-state index in [0.717, 1.165) is 11.1 Å². The quantitative estimate of drug-likeness (QED) is 0.571. The van der Waals surface area contributed by atoms with Crippen LogP contribution >= 0.6 is 0 Å². The van der Waals surface area contributed by atoms with Crippen molar-refractivity contribution in [2.45, 2.75) is 13.3 Å². The summed E-state index contributed by atoms with van der Waals surface area (Å²) in [5.41, 5.74) is 7.82. The van der Waals surface area contributed by atoms with Crippen LogP contribution in [0.15, 0.2) is 42.5 Å². The van der Waals surface area contributed by atoms with Gasteiger partial charge in [-0.15, -0.1) is 0 Å². The normalized spacial score (nSPS) is 10.7. The molecule has 0 unspecified atom stereocenters. The fraction of sp³-hybridized carbons (Fsp3) is 0.118. The summed E-state index contributed by atoms with van der Waals surface area (Å²) in [5, 5.41) is 0. The van der Waals surface area contributed by atoms with Gasteiger partial charge < -0.3 is 15.5 Å². The molecular weight excluding hydrogens is 294 g/mol. The minimum atomic E-state index is -0.518. The van der Waals surface area contributed by atoms with Crippen molar-refractivity contribution in [3.8, 4) is 17.1 Å². The third-order valence-corrected chi connectivity index (χ3v) is 3.43. The Kier molecular flexibility index (Phi) is 3.80. The summed E-state index contributed by atoms with van der Waals surface area (Å²) in [7, 11) is 0. The standard InChI is InChI=1S/C17H15N3O3/c1-2-14(21)23-11-8-6-10(7-9-11)17-19-13-5-3-4-12(16(18)22)15(13)20-17/h3-9H,2H2,1H3,(H2,18,22)(H,19,20). The van der Waals surface area contributed by atoms with Crippen LogP contribution in [0.4, 0.5) is 0 Å². The second-order valence-electron chi connectivity index (χ2n) is 5.00. The number of aromatic nitrogens is 2. The number of nitrogens with zero attached hydrogens (tertiary/aromatic N) is 1. The second-order valence-corrected chi connectivity index (χ2v) is 5.00. The minimum Gasteiger partial charge on any atom is -0.427 e. The molecule has 3 rings (SSSR count). The first-order chi connectivity index (χ1) is 11.1. The number of hydrogen-bond acceptors (Lipinski definition) is 4. The number of primary amides is 1. The average Bonchev–Trinajstić information content (AvgIpc) is 2.99. The lowest BCUT2D eigenvalue weighted by molar-refractivity contribution is -0.134. The summed E-state index contributed by atoms with van der Waals surface area (Å²) in [5.74, 6) is 0.291. The monoisotopic (exact) mass is 309 g/mol. The van der Waals surface area contributed by atoms with Gasteiger partial charge in [-0.2, -0.15) is 0 Å². The summed E-state index contributed by atoms with van der Waals surface area (Å²) in [6, 6.07) is 12.2. The maximum Gasteiger partial charge on any atom is 0.310 e. The number of carbonyl (C=O) groups is 2. The number of fused-ring (bicyclic) bond motifs is 1. The SMILES string of the molecule is CCC(=O)Oc1ccc(-c2nc3c(C(N)=O)cccc3[nH]2)cc1. The third kappa shape index (κ3) is 2.91. The number of ether oxygens (including phenoxy) is 1. The number of amides is 1. The fourth-order valence-corrected chi connectivity index (χ4v) is 2.25. The zero-order valence-electron chi connectivity index (χ0n) is 12.5. The molecule has 0 radical (unpaired) electrons. The van der Waals surface area contributed by atoms with Crippen LogP contribution < -0.4 is 10.5 Å². The average molecular weight is 309 g/mol. The van der Waals surface area contributed by atoms with Crippen LogP contribution in [0.3, 0.4) is 0 Å². The second kappa shape index (κ2) is 5.92. The molecule has 23 heavy (non-hydrogen) atoms. The van der Waals surface area contributed by atoms with E-state index in [2.05, 4.69) is 9.97 Å². The Morgan fingerprint density at radius 3 is 2.57 bits per heavy atom. The van der Waals surface area contributed by atoms with E-state index < -0.39 is 5.91 Å². The van der Waals surface area contributed by atoms with Gasteiger partial charge >= 0.3 is 5.97 Å². The highest BCUT2D eigenvalue weighted by atomic mass is 16.5. The van der Waals surface area contributed by atoms with E-state index in [1.165, 1.54) is 0 Å². The number of esters is 1. The molecule has 0 atom stereocenters. The number of imidazole rings is 1. The molecule has 0 aliphatic carbocycles. The summed E-state index contributed by atoms with van der Waals surface area (Å²) in [4.78, 5) is 30.3. The van der Waals surface area contributed by atoms with E-state index in [4.69, 9.17) is 10.5 Å². The van der Waals surface area contributed by atoms with Gasteiger partial charge in [-0.3, -0.25) is 9.59 Å². The summed E-state index contributed by atoms with van der Waals surface area (Å²) in [6.45, 7) is 1.74. The van der Waals surface area contributed by atoms with Gasteiger partial charge in [0.2, 0.25) is 0 Å². The number of aromatic amines is 1. The Balaban J connectivity index is 1.96. The zero-order valence-corrected chi connectivity index (χ0v) is 12.5. The molecule has 3 N–H and O–H groups in total. The first-order valence-electron chi connectivity index (χ1n) is 7.18. The third-order valence-electron chi connectivity index (χ3n) is 3.43. The van der Waals surface area contributed by atoms with Crippen molar-refractivity contribution in [2.75, 3.05) is 0 Å². The van der Waals surface area contributed by atoms with E-state index >= 15 is 0 Å². The van der Waals surface area contributed by atoms with E-state index in [-0.39, 0.29) is 5.97 Å². The van der Waals surface area contributed by atoms with Gasteiger partial charge in [-0.25, -0.2) is 4.98 Å². The molecule has 3 aromatic rings. The smallest absolute Gasteiger partial charge is 0.310 e. The molecule has 0 saturated carbocycles. The Labute approximate surface area is 132 Å². The molecule has 6 heteroatoms. The van der Waals surface area contributed by atoms with Gasteiger partial charge in [0.15, 0.2) is 0 Å². The number of nitrogens with two attached hydrogens (primary N) is 1. The predicted molar refractivity (Wildman–Crippen MR) is 86.0 cm³/mol. The number of H-pyrrole nitrogens is 1. The van der Waals surface area contributed by atoms with Gasteiger partial charge in [0.05, 0.1) is 11.1 Å². The highest BCUT2D eigenvalue weighted by Gasteiger charge is 2.12. The Bertz CT molecular complexity index is 882. The lowest BCUT2D eigenvalue weighted by atomic mass is 10.2. The van der Waals surface area contributed by atoms with Crippen molar-refractivity contribution in [1.29, 1.82) is 0 Å². The van der Waals surface area contributed by atoms with Crippen molar-refractivity contribution >= 4 is 22.9 Å². The Morgan fingerprint density at radius 2 is 1.91 bits per heavy atom. The number of hydrogen-bond donors (Lipinski definition) is 2. The van der Waals surface area contributed by atoms with Gasteiger partial charge in [0.1, 0.15) is 17.1 Å². The molecule has 0 fully saturated rings. The Morgan fingerprint density at radius 1 is 1.17 bits per heavy atom. The van der Waals surface area contributed by atoms with Gasteiger partial charge in [-0.1, -0.05) is 13.0 Å². The van der Waals surface area contributed by atoms with E-state index in [0.29, 0.717) is 29.1 Å². The highest BCUT2D eigenvalue weighted by molar-refractivity contribution is 6.04. The molecule has 116 valence electrons. The molecule has 1 heterocycles. The molecule has 6 nitrogen and oxygen atoms in total. The summed E-state index contributed by atoms with van der Waals surface area (Å²) >= 11 is 0. The molecule has 0 spiro atoms. The van der Waals surface area contributed by atoms with Gasteiger partial charge in [-0.05, 0) is 36.4 Å². The van der Waals surface area contributed by atoms with Crippen LogP contribution in [-0.2, 0) is 4.79 Å². The van der Waals surface area contributed by atoms with Gasteiger partial charge in [0.25, 0.3) is 5.91 Å². The van der Waals surface area contributed by atoms with Crippen LogP contribution in [0.1, 0.15) is 23.7 Å². The first kappa shape index (κ1) is 14.8. The number of rotatable bonds is 4. The summed E-state index contributed by atoms with van der Waals surface area (Å²) in [6.07, 6.45) is 0.321. The van der Waals surface area contributed by atoms with Crippen molar-refractivity contribution in [1.82, 2.24) is 9.97 Å². The molecule has 0 aliphatic rings. The molecule has 1 aromatic heterocycles. The van der Waals surface area contributed by atoms with Crippen LogP contribution in [0.25, 0.3) is 22.4 Å². The van der Waals surface area contributed by atoms with E-state index in [1.807, 2.05) is 6.07 Å². The molecule has 1 amide bonds. The van der Waals surface area contributed by atoms with E-state index in [9.17, 15) is 9.59 Å². The first-order valence-corrected chi connectivity index (χ1v) is 7.18. The lowest BCUT2D eigenvalue weighted by Gasteiger charge is -2.03. The maximum atomic E-state index is 11.5. The van der Waals surface area contributed by atoms with Crippen LogP contribution in [0, 0.1) is 0 Å². The van der Waals surface area contributed by atoms with Crippen molar-refractivity contribution in [3.05, 3.63) is 48.0 Å². The minimum absolute atomic E-state index is 0.285.